The molecule has 0 N–H and O–H groups in total. The lowest BCUT2D eigenvalue weighted by Gasteiger charge is -1.87. The SMILES string of the molecule is Ic1ccc(I)cc1.Ic1ccccc1. The third-order valence-corrected chi connectivity index (χ3v) is 3.69. The van der Waals surface area contributed by atoms with Gasteiger partial charge in [-0.2, -0.15) is 0 Å². The lowest BCUT2D eigenvalue weighted by atomic mass is 10.4. The molecule has 0 aliphatic rings. The maximum absolute atomic E-state index is 2.29. The quantitative estimate of drug-likeness (QED) is 0.409. The van der Waals surface area contributed by atoms with Crippen molar-refractivity contribution in [2.24, 2.45) is 0 Å². The van der Waals surface area contributed by atoms with Crippen LogP contribution in [0.3, 0.4) is 0 Å². The Kier molecular flexibility index (Phi) is 7.15. The molecule has 0 radical (unpaired) electrons. The fraction of sp³-hybridized carbons (Fsp3) is 0. The fourth-order valence-electron chi connectivity index (χ4n) is 0.844. The lowest BCUT2D eigenvalue weighted by Crippen LogP contribution is -1.68. The van der Waals surface area contributed by atoms with Crippen LogP contribution in [0.15, 0.2) is 54.6 Å². The monoisotopic (exact) mass is 534 g/mol. The predicted octanol–water partition coefficient (Wildman–Crippen LogP) is 5.19. The highest BCUT2D eigenvalue weighted by atomic mass is 127. The first-order valence-corrected chi connectivity index (χ1v) is 7.54. The molecule has 0 bridgehead atoms. The average Bonchev–Trinajstić information content (AvgIpc) is 2.25. The highest BCUT2D eigenvalue weighted by Gasteiger charge is 1.82. The molecule has 2 rings (SSSR count). The Labute approximate surface area is 131 Å². The van der Waals surface area contributed by atoms with Crippen molar-refractivity contribution in [3.63, 3.8) is 0 Å². The van der Waals surface area contributed by atoms with Crippen LogP contribution in [0.1, 0.15) is 0 Å². The van der Waals surface area contributed by atoms with E-state index in [1.165, 1.54) is 10.7 Å². The Morgan fingerprint density at radius 2 is 0.800 bits per heavy atom. The maximum Gasteiger partial charge on any atom is 0.0131 e. The number of benzene rings is 2. The Morgan fingerprint density at radius 1 is 0.467 bits per heavy atom. The van der Waals surface area contributed by atoms with Crippen LogP contribution in [0.4, 0.5) is 0 Å². The Balaban J connectivity index is 0.000000151. The van der Waals surface area contributed by atoms with Gasteiger partial charge in [0.2, 0.25) is 0 Å². The molecule has 78 valence electrons. The van der Waals surface area contributed by atoms with Gasteiger partial charge in [-0.25, -0.2) is 0 Å². The minimum Gasteiger partial charge on any atom is -0.0622 e. The van der Waals surface area contributed by atoms with E-state index in [0.717, 1.165) is 0 Å². The zero-order valence-corrected chi connectivity index (χ0v) is 14.3. The second kappa shape index (κ2) is 7.83. The molecule has 0 nitrogen and oxygen atoms in total. The van der Waals surface area contributed by atoms with E-state index in [1.807, 2.05) is 18.2 Å². The van der Waals surface area contributed by atoms with Gasteiger partial charge in [0.25, 0.3) is 0 Å². The van der Waals surface area contributed by atoms with E-state index >= 15 is 0 Å². The molecule has 0 amide bonds. The van der Waals surface area contributed by atoms with Crippen molar-refractivity contribution < 1.29 is 0 Å². The molecule has 3 heteroatoms. The summed E-state index contributed by atoms with van der Waals surface area (Å²) in [4.78, 5) is 0. The Hall–Kier alpha value is 0.630. The fourth-order valence-corrected chi connectivity index (χ4v) is 1.98. The van der Waals surface area contributed by atoms with Gasteiger partial charge in [0.05, 0.1) is 0 Å². The van der Waals surface area contributed by atoms with Gasteiger partial charge in [0.1, 0.15) is 0 Å². The number of hydrogen-bond donors (Lipinski definition) is 0. The molecule has 0 spiro atoms. The maximum atomic E-state index is 2.29. The average molecular weight is 534 g/mol. The van der Waals surface area contributed by atoms with E-state index < -0.39 is 0 Å². The molecule has 0 fully saturated rings. The lowest BCUT2D eigenvalue weighted by molar-refractivity contribution is 1.60. The summed E-state index contributed by atoms with van der Waals surface area (Å²) in [6.07, 6.45) is 0. The van der Waals surface area contributed by atoms with E-state index in [1.54, 1.807) is 0 Å². The summed E-state index contributed by atoms with van der Waals surface area (Å²) < 4.78 is 3.88. The van der Waals surface area contributed by atoms with Crippen LogP contribution in [0.5, 0.6) is 0 Å². The van der Waals surface area contributed by atoms with Gasteiger partial charge in [-0.15, -0.1) is 0 Å². The van der Waals surface area contributed by atoms with E-state index in [4.69, 9.17) is 0 Å². The Morgan fingerprint density at radius 3 is 1.07 bits per heavy atom. The Bertz CT molecular complexity index is 360. The summed E-state index contributed by atoms with van der Waals surface area (Å²) >= 11 is 6.87. The number of halogens is 3. The third-order valence-electron chi connectivity index (χ3n) is 1.54. The van der Waals surface area contributed by atoms with Crippen molar-refractivity contribution >= 4 is 67.8 Å². The summed E-state index contributed by atoms with van der Waals surface area (Å²) in [6, 6.07) is 18.6. The minimum absolute atomic E-state index is 1.29. The van der Waals surface area contributed by atoms with Crippen LogP contribution < -0.4 is 0 Å². The molecule has 2 aromatic carbocycles. The van der Waals surface area contributed by atoms with Crippen LogP contribution in [-0.4, -0.2) is 0 Å². The molecule has 0 saturated carbocycles. The molecule has 0 unspecified atom stereocenters. The zero-order valence-electron chi connectivity index (χ0n) is 7.83. The van der Waals surface area contributed by atoms with E-state index in [0.29, 0.717) is 0 Å². The van der Waals surface area contributed by atoms with Crippen molar-refractivity contribution in [2.75, 3.05) is 0 Å². The van der Waals surface area contributed by atoms with Crippen LogP contribution >= 0.6 is 67.8 Å². The second-order valence-corrected chi connectivity index (χ2v) is 6.47. The van der Waals surface area contributed by atoms with Gasteiger partial charge in [0.15, 0.2) is 0 Å². The van der Waals surface area contributed by atoms with Crippen molar-refractivity contribution in [1.29, 1.82) is 0 Å². The van der Waals surface area contributed by atoms with Crippen LogP contribution in [0.25, 0.3) is 0 Å². The summed E-state index contributed by atoms with van der Waals surface area (Å²) in [5.41, 5.74) is 0. The molecule has 0 atom stereocenters. The summed E-state index contributed by atoms with van der Waals surface area (Å²) in [7, 11) is 0. The molecule has 0 aromatic heterocycles. The van der Waals surface area contributed by atoms with Crippen LogP contribution in [0, 0.1) is 10.7 Å². The summed E-state index contributed by atoms with van der Waals surface area (Å²) in [5, 5.41) is 0. The highest BCUT2D eigenvalue weighted by molar-refractivity contribution is 14.1. The van der Waals surface area contributed by atoms with Gasteiger partial charge in [0, 0.05) is 10.7 Å². The first-order chi connectivity index (χ1) is 7.18. The van der Waals surface area contributed by atoms with Gasteiger partial charge in [-0.05, 0) is 104 Å². The van der Waals surface area contributed by atoms with Crippen LogP contribution in [-0.2, 0) is 0 Å². The first-order valence-electron chi connectivity index (χ1n) is 4.30. The number of rotatable bonds is 0. The molecular formula is C12H9I3. The molecule has 15 heavy (non-hydrogen) atoms. The van der Waals surface area contributed by atoms with Crippen molar-refractivity contribution in [1.82, 2.24) is 0 Å². The van der Waals surface area contributed by atoms with Crippen molar-refractivity contribution in [3.05, 3.63) is 65.3 Å². The van der Waals surface area contributed by atoms with Gasteiger partial charge >= 0.3 is 0 Å². The summed E-state index contributed by atoms with van der Waals surface area (Å²) in [6.45, 7) is 0. The molecule has 0 aliphatic heterocycles. The largest absolute Gasteiger partial charge is 0.0622 e. The number of hydrogen-bond acceptors (Lipinski definition) is 0. The molecule has 0 aliphatic carbocycles. The van der Waals surface area contributed by atoms with Gasteiger partial charge in [-0.1, -0.05) is 18.2 Å². The highest BCUT2D eigenvalue weighted by Crippen LogP contribution is 2.07. The topological polar surface area (TPSA) is 0 Å². The normalized spacial score (nSPS) is 9.00. The standard InChI is InChI=1S/C6H4I2.C6H5I/c7-5-1-2-6(8)4-3-5;7-6-4-2-1-3-5-6/h1-4H;1-5H. The second-order valence-electron chi connectivity index (χ2n) is 2.73. The van der Waals surface area contributed by atoms with E-state index in [2.05, 4.69) is 104 Å². The van der Waals surface area contributed by atoms with Crippen LogP contribution in [0.2, 0.25) is 0 Å². The van der Waals surface area contributed by atoms with Gasteiger partial charge in [-0.3, -0.25) is 0 Å². The predicted molar refractivity (Wildman–Crippen MR) is 91.0 cm³/mol. The van der Waals surface area contributed by atoms with Crippen molar-refractivity contribution in [2.45, 2.75) is 0 Å². The minimum atomic E-state index is 1.29. The molecule has 0 saturated heterocycles. The van der Waals surface area contributed by atoms with E-state index in [-0.39, 0.29) is 0 Å². The van der Waals surface area contributed by atoms with E-state index in [9.17, 15) is 0 Å². The molecule has 2 aromatic rings. The van der Waals surface area contributed by atoms with Gasteiger partial charge < -0.3 is 0 Å². The molecule has 0 heterocycles. The summed E-state index contributed by atoms with van der Waals surface area (Å²) in [5.74, 6) is 0. The smallest absolute Gasteiger partial charge is 0.0131 e. The third kappa shape index (κ3) is 6.72. The first kappa shape index (κ1) is 13.7. The van der Waals surface area contributed by atoms with Crippen molar-refractivity contribution in [3.8, 4) is 0 Å². The molecular weight excluding hydrogens is 525 g/mol. The zero-order chi connectivity index (χ0) is 11.1.